The number of esters is 1. The van der Waals surface area contributed by atoms with Crippen molar-refractivity contribution in [2.75, 3.05) is 18.9 Å². The van der Waals surface area contributed by atoms with E-state index in [9.17, 15) is 23.2 Å². The predicted molar refractivity (Wildman–Crippen MR) is 105 cm³/mol. The van der Waals surface area contributed by atoms with Crippen LogP contribution in [0.3, 0.4) is 0 Å². The third-order valence-corrected chi connectivity index (χ3v) is 4.33. The minimum atomic E-state index is -0.793. The summed E-state index contributed by atoms with van der Waals surface area (Å²) in [6, 6.07) is 7.19. The van der Waals surface area contributed by atoms with Gasteiger partial charge in [0.05, 0.1) is 6.61 Å². The normalized spacial score (nSPS) is 10.3. The average Bonchev–Trinajstić information content (AvgIpc) is 2.66. The quantitative estimate of drug-likeness (QED) is 0.532. The van der Waals surface area contributed by atoms with E-state index in [0.29, 0.717) is 5.56 Å². The summed E-state index contributed by atoms with van der Waals surface area (Å²) in [6.45, 7) is 3.35. The molecular formula is C20H19F2NO5S. The standard InChI is InChI=1S/C20H19F2NO5S/c1-3-27-19(25)16-10-13(15-6-5-14(21)11-17(15)22)4-7-18(16)28-20(26)29-9-8-23-12(2)24/h4-7,10-11H,3,8-9H2,1-2H3,(H,23,24). The molecule has 0 aliphatic carbocycles. The number of carbonyl (C=O) groups is 3. The molecule has 2 rings (SSSR count). The van der Waals surface area contributed by atoms with Crippen LogP contribution in [0.25, 0.3) is 11.1 Å². The van der Waals surface area contributed by atoms with Crippen molar-refractivity contribution < 1.29 is 32.6 Å². The Hall–Kier alpha value is -2.94. The first-order valence-electron chi connectivity index (χ1n) is 8.67. The van der Waals surface area contributed by atoms with Crippen LogP contribution in [-0.4, -0.2) is 36.1 Å². The minimum absolute atomic E-state index is 0.0493. The molecule has 154 valence electrons. The molecule has 0 spiro atoms. The highest BCUT2D eigenvalue weighted by molar-refractivity contribution is 8.13. The number of hydrogen-bond donors (Lipinski definition) is 1. The van der Waals surface area contributed by atoms with Gasteiger partial charge in [-0.2, -0.15) is 0 Å². The van der Waals surface area contributed by atoms with Gasteiger partial charge in [-0.05, 0) is 48.5 Å². The molecule has 0 aliphatic heterocycles. The summed E-state index contributed by atoms with van der Waals surface area (Å²) < 4.78 is 37.4. The zero-order valence-corrected chi connectivity index (χ0v) is 16.6. The van der Waals surface area contributed by atoms with Gasteiger partial charge in [-0.1, -0.05) is 6.07 Å². The number of hydrogen-bond acceptors (Lipinski definition) is 6. The second kappa shape index (κ2) is 10.6. The lowest BCUT2D eigenvalue weighted by Gasteiger charge is -2.12. The zero-order chi connectivity index (χ0) is 21.4. The Morgan fingerprint density at radius 1 is 1.10 bits per heavy atom. The van der Waals surface area contributed by atoms with Gasteiger partial charge in [0.15, 0.2) is 0 Å². The van der Waals surface area contributed by atoms with Gasteiger partial charge in [0.25, 0.3) is 0 Å². The van der Waals surface area contributed by atoms with E-state index in [1.165, 1.54) is 31.2 Å². The van der Waals surface area contributed by atoms with Crippen LogP contribution in [0.1, 0.15) is 24.2 Å². The van der Waals surface area contributed by atoms with E-state index < -0.39 is 22.9 Å². The summed E-state index contributed by atoms with van der Waals surface area (Å²) in [5.74, 6) is -2.25. The highest BCUT2D eigenvalue weighted by atomic mass is 32.2. The van der Waals surface area contributed by atoms with Crippen molar-refractivity contribution in [2.45, 2.75) is 13.8 Å². The molecule has 9 heteroatoms. The van der Waals surface area contributed by atoms with E-state index in [-0.39, 0.29) is 41.7 Å². The van der Waals surface area contributed by atoms with Crippen molar-refractivity contribution in [3.8, 4) is 16.9 Å². The van der Waals surface area contributed by atoms with Crippen LogP contribution >= 0.6 is 11.8 Å². The molecule has 0 unspecified atom stereocenters. The number of thioether (sulfide) groups is 1. The monoisotopic (exact) mass is 423 g/mol. The Morgan fingerprint density at radius 3 is 2.52 bits per heavy atom. The highest BCUT2D eigenvalue weighted by Gasteiger charge is 2.19. The molecule has 1 N–H and O–H groups in total. The highest BCUT2D eigenvalue weighted by Crippen LogP contribution is 2.30. The fourth-order valence-corrected chi connectivity index (χ4v) is 2.88. The maximum Gasteiger partial charge on any atom is 0.372 e. The first-order valence-corrected chi connectivity index (χ1v) is 9.66. The van der Waals surface area contributed by atoms with Crippen LogP contribution < -0.4 is 10.1 Å². The topological polar surface area (TPSA) is 81.7 Å². The molecule has 0 saturated heterocycles. The second-order valence-corrected chi connectivity index (χ2v) is 6.77. The zero-order valence-electron chi connectivity index (χ0n) is 15.8. The van der Waals surface area contributed by atoms with Crippen molar-refractivity contribution >= 4 is 28.9 Å². The fraction of sp³-hybridized carbons (Fsp3) is 0.250. The molecule has 0 heterocycles. The third-order valence-electron chi connectivity index (χ3n) is 3.61. The Bertz CT molecular complexity index is 920. The summed E-state index contributed by atoms with van der Waals surface area (Å²) in [6.07, 6.45) is 0. The Morgan fingerprint density at radius 2 is 1.86 bits per heavy atom. The van der Waals surface area contributed by atoms with Crippen molar-refractivity contribution in [2.24, 2.45) is 0 Å². The van der Waals surface area contributed by atoms with Crippen molar-refractivity contribution in [3.05, 3.63) is 53.6 Å². The van der Waals surface area contributed by atoms with E-state index in [1.807, 2.05) is 0 Å². The van der Waals surface area contributed by atoms with Crippen molar-refractivity contribution in [3.63, 3.8) is 0 Å². The molecule has 1 amide bonds. The molecule has 0 aliphatic rings. The lowest BCUT2D eigenvalue weighted by Crippen LogP contribution is -2.23. The molecule has 0 fully saturated rings. The number of rotatable bonds is 7. The molecule has 0 bridgehead atoms. The molecule has 0 aromatic heterocycles. The Balaban J connectivity index is 2.24. The van der Waals surface area contributed by atoms with E-state index in [4.69, 9.17) is 9.47 Å². The van der Waals surface area contributed by atoms with Gasteiger partial charge in [0.1, 0.15) is 22.9 Å². The lowest BCUT2D eigenvalue weighted by molar-refractivity contribution is -0.118. The summed E-state index contributed by atoms with van der Waals surface area (Å²) in [5, 5.41) is 1.86. The van der Waals surface area contributed by atoms with Crippen molar-refractivity contribution in [1.82, 2.24) is 5.32 Å². The molecule has 2 aromatic rings. The summed E-state index contributed by atoms with van der Waals surface area (Å²) in [5.41, 5.74) is 0.312. The van der Waals surface area contributed by atoms with Crippen LogP contribution in [0.4, 0.5) is 13.6 Å². The average molecular weight is 423 g/mol. The molecule has 0 radical (unpaired) electrons. The SMILES string of the molecule is CCOC(=O)c1cc(-c2ccc(F)cc2F)ccc1OC(=O)SCCNC(C)=O. The molecule has 6 nitrogen and oxygen atoms in total. The molecule has 0 atom stereocenters. The molecule has 29 heavy (non-hydrogen) atoms. The third kappa shape index (κ3) is 6.56. The minimum Gasteiger partial charge on any atom is -0.462 e. The smallest absolute Gasteiger partial charge is 0.372 e. The number of carbonyl (C=O) groups excluding carboxylic acids is 3. The van der Waals surface area contributed by atoms with E-state index in [0.717, 1.165) is 23.9 Å². The van der Waals surface area contributed by atoms with Gasteiger partial charge in [0, 0.05) is 30.9 Å². The van der Waals surface area contributed by atoms with Gasteiger partial charge in [-0.15, -0.1) is 0 Å². The maximum absolute atomic E-state index is 14.1. The number of benzene rings is 2. The second-order valence-electron chi connectivity index (χ2n) is 5.74. The molecule has 0 saturated carbocycles. The number of halogens is 2. The largest absolute Gasteiger partial charge is 0.462 e. The Labute approximate surface area is 170 Å². The number of ether oxygens (including phenoxy) is 2. The summed E-state index contributed by atoms with van der Waals surface area (Å²) in [4.78, 5) is 35.1. The first kappa shape index (κ1) is 22.4. The Kier molecular flexibility index (Phi) is 8.14. The van der Waals surface area contributed by atoms with Gasteiger partial charge in [0.2, 0.25) is 5.91 Å². The van der Waals surface area contributed by atoms with Crippen LogP contribution in [0.15, 0.2) is 36.4 Å². The predicted octanol–water partition coefficient (Wildman–Crippen LogP) is 4.18. The van der Waals surface area contributed by atoms with Crippen LogP contribution in [0.2, 0.25) is 0 Å². The van der Waals surface area contributed by atoms with Crippen LogP contribution in [0, 0.1) is 11.6 Å². The lowest BCUT2D eigenvalue weighted by atomic mass is 10.0. The van der Waals surface area contributed by atoms with E-state index >= 15 is 0 Å². The van der Waals surface area contributed by atoms with Crippen LogP contribution in [0.5, 0.6) is 5.75 Å². The first-order chi connectivity index (χ1) is 13.8. The molecular weight excluding hydrogens is 404 g/mol. The van der Waals surface area contributed by atoms with E-state index in [1.54, 1.807) is 6.92 Å². The van der Waals surface area contributed by atoms with Gasteiger partial charge in [-0.3, -0.25) is 4.79 Å². The van der Waals surface area contributed by atoms with Gasteiger partial charge >= 0.3 is 11.3 Å². The maximum atomic E-state index is 14.1. The summed E-state index contributed by atoms with van der Waals surface area (Å²) in [7, 11) is 0. The van der Waals surface area contributed by atoms with Gasteiger partial charge < -0.3 is 14.8 Å². The molecule has 2 aromatic carbocycles. The van der Waals surface area contributed by atoms with Crippen molar-refractivity contribution in [1.29, 1.82) is 0 Å². The fourth-order valence-electron chi connectivity index (χ4n) is 2.36. The number of nitrogens with one attached hydrogen (secondary N) is 1. The van der Waals surface area contributed by atoms with E-state index in [2.05, 4.69) is 5.32 Å². The van der Waals surface area contributed by atoms with Crippen LogP contribution in [-0.2, 0) is 9.53 Å². The van der Waals surface area contributed by atoms with Gasteiger partial charge in [-0.25, -0.2) is 18.4 Å². The number of amides is 1. The summed E-state index contributed by atoms with van der Waals surface area (Å²) >= 11 is 0.822.